The molecule has 1 aromatic carbocycles. The maximum absolute atomic E-state index is 8.71. The van der Waals surface area contributed by atoms with E-state index in [0.29, 0.717) is 12.1 Å². The molecule has 0 bridgehead atoms. The highest BCUT2D eigenvalue weighted by Crippen LogP contribution is 2.17. The third-order valence-electron chi connectivity index (χ3n) is 2.85. The van der Waals surface area contributed by atoms with Gasteiger partial charge in [0.1, 0.15) is 5.82 Å². The van der Waals surface area contributed by atoms with Crippen LogP contribution in [0.5, 0.6) is 0 Å². The summed E-state index contributed by atoms with van der Waals surface area (Å²) in [5.74, 6) is 0.832. The highest BCUT2D eigenvalue weighted by atomic mass is 79.9. The number of anilines is 1. The molecular weight excluding hydrogens is 320 g/mol. The molecule has 3 N–H and O–H groups in total. The predicted molar refractivity (Wildman–Crippen MR) is 83.0 cm³/mol. The van der Waals surface area contributed by atoms with E-state index in [0.717, 1.165) is 15.9 Å². The van der Waals surface area contributed by atoms with Crippen LogP contribution in [0.4, 0.5) is 5.82 Å². The number of benzene rings is 1. The molecule has 1 aromatic heterocycles. The highest BCUT2D eigenvalue weighted by Gasteiger charge is 2.07. The second-order valence-electron chi connectivity index (χ2n) is 4.37. The second kappa shape index (κ2) is 6.38. The van der Waals surface area contributed by atoms with E-state index < -0.39 is 0 Å². The van der Waals surface area contributed by atoms with Gasteiger partial charge in [0.15, 0.2) is 5.84 Å². The van der Waals surface area contributed by atoms with Gasteiger partial charge in [-0.05, 0) is 29.8 Å². The third kappa shape index (κ3) is 3.48. The molecule has 0 unspecified atom stereocenters. The topological polar surface area (TPSA) is 74.7 Å². The van der Waals surface area contributed by atoms with Gasteiger partial charge in [0.05, 0.1) is 0 Å². The number of nitrogens with zero attached hydrogens (tertiary/aromatic N) is 3. The first kappa shape index (κ1) is 14.3. The number of aromatic nitrogens is 1. The summed E-state index contributed by atoms with van der Waals surface area (Å²) in [5, 5.41) is 11.7. The lowest BCUT2D eigenvalue weighted by Crippen LogP contribution is -2.19. The van der Waals surface area contributed by atoms with E-state index in [4.69, 9.17) is 10.9 Å². The van der Waals surface area contributed by atoms with E-state index in [1.807, 2.05) is 24.1 Å². The van der Waals surface area contributed by atoms with Gasteiger partial charge in [-0.3, -0.25) is 0 Å². The van der Waals surface area contributed by atoms with Gasteiger partial charge < -0.3 is 15.8 Å². The minimum Gasteiger partial charge on any atom is -0.409 e. The molecule has 0 saturated heterocycles. The van der Waals surface area contributed by atoms with Gasteiger partial charge in [-0.1, -0.05) is 33.2 Å². The van der Waals surface area contributed by atoms with Crippen LogP contribution >= 0.6 is 15.9 Å². The fourth-order valence-electron chi connectivity index (χ4n) is 1.83. The van der Waals surface area contributed by atoms with E-state index in [1.165, 1.54) is 0 Å². The normalized spacial score (nSPS) is 11.4. The predicted octanol–water partition coefficient (Wildman–Crippen LogP) is 2.58. The van der Waals surface area contributed by atoms with Gasteiger partial charge in [0.2, 0.25) is 0 Å². The van der Waals surface area contributed by atoms with Crippen molar-refractivity contribution in [3.63, 3.8) is 0 Å². The summed E-state index contributed by atoms with van der Waals surface area (Å²) in [7, 11) is 1.94. The van der Waals surface area contributed by atoms with Crippen LogP contribution in [0.3, 0.4) is 0 Å². The molecule has 104 valence electrons. The summed E-state index contributed by atoms with van der Waals surface area (Å²) >= 11 is 3.45. The lowest BCUT2D eigenvalue weighted by Gasteiger charge is -2.18. The highest BCUT2D eigenvalue weighted by molar-refractivity contribution is 9.10. The molecule has 0 aliphatic rings. The molecule has 6 heteroatoms. The van der Waals surface area contributed by atoms with Crippen molar-refractivity contribution in [3.8, 4) is 0 Å². The van der Waals surface area contributed by atoms with Crippen molar-refractivity contribution in [2.24, 2.45) is 10.9 Å². The Hall–Kier alpha value is -2.08. The van der Waals surface area contributed by atoms with Gasteiger partial charge in [-0.15, -0.1) is 0 Å². The quantitative estimate of drug-likeness (QED) is 0.390. The van der Waals surface area contributed by atoms with Gasteiger partial charge in [-0.25, -0.2) is 4.98 Å². The molecule has 2 aromatic rings. The van der Waals surface area contributed by atoms with Gasteiger partial charge >= 0.3 is 0 Å². The Balaban J connectivity index is 2.19. The second-order valence-corrected chi connectivity index (χ2v) is 5.29. The summed E-state index contributed by atoms with van der Waals surface area (Å²) in [6, 6.07) is 11.6. The van der Waals surface area contributed by atoms with Crippen LogP contribution in [0, 0.1) is 0 Å². The number of amidine groups is 1. The van der Waals surface area contributed by atoms with Crippen LogP contribution in [-0.4, -0.2) is 23.1 Å². The maximum Gasteiger partial charge on any atom is 0.170 e. The zero-order valence-corrected chi connectivity index (χ0v) is 12.6. The molecule has 0 atom stereocenters. The zero-order chi connectivity index (χ0) is 14.5. The number of halogens is 1. The number of hydrogen-bond donors (Lipinski definition) is 2. The minimum absolute atomic E-state index is 0.0736. The van der Waals surface area contributed by atoms with Crippen molar-refractivity contribution in [1.29, 1.82) is 0 Å². The standard InChI is InChI=1S/C14H15BrN4O/c1-19(9-10-3-2-4-12(15)7-10)13-8-11(5-6-17-13)14(16)18-20/h2-8,20H,9H2,1H3,(H2,16,18). The first-order valence-electron chi connectivity index (χ1n) is 5.99. The summed E-state index contributed by atoms with van der Waals surface area (Å²) < 4.78 is 1.04. The van der Waals surface area contributed by atoms with Crippen molar-refractivity contribution in [2.75, 3.05) is 11.9 Å². The number of pyridine rings is 1. The van der Waals surface area contributed by atoms with E-state index >= 15 is 0 Å². The van der Waals surface area contributed by atoms with Crippen molar-refractivity contribution in [3.05, 3.63) is 58.2 Å². The summed E-state index contributed by atoms with van der Waals surface area (Å²) in [5.41, 5.74) is 7.39. The molecular formula is C14H15BrN4O. The van der Waals surface area contributed by atoms with Crippen LogP contribution in [0.2, 0.25) is 0 Å². The van der Waals surface area contributed by atoms with Crippen molar-refractivity contribution >= 4 is 27.6 Å². The van der Waals surface area contributed by atoms with Crippen LogP contribution in [0.1, 0.15) is 11.1 Å². The molecule has 0 spiro atoms. The largest absolute Gasteiger partial charge is 0.409 e. The third-order valence-corrected chi connectivity index (χ3v) is 3.34. The van der Waals surface area contributed by atoms with Crippen molar-refractivity contribution in [1.82, 2.24) is 4.98 Å². The summed E-state index contributed by atoms with van der Waals surface area (Å²) in [4.78, 5) is 6.29. The van der Waals surface area contributed by atoms with E-state index in [9.17, 15) is 0 Å². The Labute approximate surface area is 125 Å². The SMILES string of the molecule is CN(Cc1cccc(Br)c1)c1cc(C(N)=NO)ccn1. The van der Waals surface area contributed by atoms with Gasteiger partial charge in [0, 0.05) is 29.8 Å². The summed E-state index contributed by atoms with van der Waals surface area (Å²) in [6.45, 7) is 0.714. The monoisotopic (exact) mass is 334 g/mol. The lowest BCUT2D eigenvalue weighted by atomic mass is 10.2. The molecule has 0 aliphatic carbocycles. The molecule has 5 nitrogen and oxygen atoms in total. The van der Waals surface area contributed by atoms with Crippen molar-refractivity contribution < 1.29 is 5.21 Å². The maximum atomic E-state index is 8.71. The fourth-order valence-corrected chi connectivity index (χ4v) is 2.28. The van der Waals surface area contributed by atoms with Crippen LogP contribution in [-0.2, 0) is 6.54 Å². The van der Waals surface area contributed by atoms with Crippen molar-refractivity contribution in [2.45, 2.75) is 6.54 Å². The smallest absolute Gasteiger partial charge is 0.170 e. The molecule has 0 fully saturated rings. The first-order valence-corrected chi connectivity index (χ1v) is 6.79. The molecule has 1 heterocycles. The van der Waals surface area contributed by atoms with Gasteiger partial charge in [-0.2, -0.15) is 0 Å². The Morgan fingerprint density at radius 2 is 2.20 bits per heavy atom. The van der Waals surface area contributed by atoms with E-state index in [2.05, 4.69) is 38.2 Å². The number of hydrogen-bond acceptors (Lipinski definition) is 4. The van der Waals surface area contributed by atoms with Crippen LogP contribution in [0.15, 0.2) is 52.2 Å². The fraction of sp³-hybridized carbons (Fsp3) is 0.143. The summed E-state index contributed by atoms with van der Waals surface area (Å²) in [6.07, 6.45) is 1.64. The molecule has 2 rings (SSSR count). The average molecular weight is 335 g/mol. The molecule has 20 heavy (non-hydrogen) atoms. The molecule has 0 amide bonds. The Bertz CT molecular complexity index is 630. The lowest BCUT2D eigenvalue weighted by molar-refractivity contribution is 0.318. The van der Waals surface area contributed by atoms with E-state index in [1.54, 1.807) is 18.3 Å². The first-order chi connectivity index (χ1) is 9.60. The number of oxime groups is 1. The van der Waals surface area contributed by atoms with Crippen LogP contribution in [0.25, 0.3) is 0 Å². The zero-order valence-electron chi connectivity index (χ0n) is 11.0. The van der Waals surface area contributed by atoms with Gasteiger partial charge in [0.25, 0.3) is 0 Å². The Kier molecular flexibility index (Phi) is 4.57. The molecule has 0 saturated carbocycles. The number of rotatable bonds is 4. The minimum atomic E-state index is 0.0736. The van der Waals surface area contributed by atoms with Crippen LogP contribution < -0.4 is 10.6 Å². The number of nitrogens with two attached hydrogens (primary N) is 1. The molecule has 0 radical (unpaired) electrons. The Morgan fingerprint density at radius 3 is 2.90 bits per heavy atom. The Morgan fingerprint density at radius 1 is 1.40 bits per heavy atom. The average Bonchev–Trinajstić information content (AvgIpc) is 2.46. The van der Waals surface area contributed by atoms with E-state index in [-0.39, 0.29) is 5.84 Å². The molecule has 0 aliphatic heterocycles.